The lowest BCUT2D eigenvalue weighted by Gasteiger charge is -2.39. The molecule has 0 saturated carbocycles. The molecule has 0 bridgehead atoms. The van der Waals surface area contributed by atoms with E-state index in [0.29, 0.717) is 24.5 Å². The number of rotatable bonds is 4. The van der Waals surface area contributed by atoms with E-state index >= 15 is 0 Å². The van der Waals surface area contributed by atoms with E-state index in [-0.39, 0.29) is 12.0 Å². The largest absolute Gasteiger partial charge is 0.339 e. The van der Waals surface area contributed by atoms with E-state index in [4.69, 9.17) is 4.98 Å². The van der Waals surface area contributed by atoms with Gasteiger partial charge in [0.1, 0.15) is 5.82 Å². The minimum atomic E-state index is -3.57. The molecule has 172 valence electrons. The summed E-state index contributed by atoms with van der Waals surface area (Å²) < 4.78 is 30.3. The van der Waals surface area contributed by atoms with Crippen molar-refractivity contribution in [2.75, 3.05) is 24.5 Å². The smallest absolute Gasteiger partial charge is 0.243 e. The highest BCUT2D eigenvalue weighted by Gasteiger charge is 2.35. The molecule has 1 saturated heterocycles. The van der Waals surface area contributed by atoms with Crippen LogP contribution in [0.4, 0.5) is 5.95 Å². The van der Waals surface area contributed by atoms with Gasteiger partial charge in [-0.15, -0.1) is 10.2 Å². The molecule has 1 aliphatic heterocycles. The predicted molar refractivity (Wildman–Crippen MR) is 129 cm³/mol. The maximum atomic E-state index is 13.3. The summed E-state index contributed by atoms with van der Waals surface area (Å²) >= 11 is 0. The molecule has 9 heteroatoms. The fourth-order valence-corrected chi connectivity index (χ4v) is 6.28. The van der Waals surface area contributed by atoms with Gasteiger partial charge >= 0.3 is 0 Å². The molecule has 1 fully saturated rings. The van der Waals surface area contributed by atoms with E-state index in [1.165, 1.54) is 0 Å². The fraction of sp³-hybridized carbons (Fsp3) is 0.375. The van der Waals surface area contributed by atoms with Gasteiger partial charge in [0.15, 0.2) is 5.65 Å². The first kappa shape index (κ1) is 21.8. The van der Waals surface area contributed by atoms with E-state index < -0.39 is 10.0 Å². The minimum Gasteiger partial charge on any atom is -0.339 e. The van der Waals surface area contributed by atoms with E-state index in [1.807, 2.05) is 48.6 Å². The summed E-state index contributed by atoms with van der Waals surface area (Å²) in [7, 11) is -3.57. The van der Waals surface area contributed by atoms with Crippen LogP contribution in [0.15, 0.2) is 53.4 Å². The molecule has 5 rings (SSSR count). The van der Waals surface area contributed by atoms with Crippen molar-refractivity contribution in [1.29, 1.82) is 0 Å². The summed E-state index contributed by atoms with van der Waals surface area (Å²) in [6.07, 6.45) is 0. The first-order chi connectivity index (χ1) is 15.8. The summed E-state index contributed by atoms with van der Waals surface area (Å²) in [5.41, 5.74) is 2.56. The van der Waals surface area contributed by atoms with Gasteiger partial charge in [-0.2, -0.15) is 4.31 Å². The van der Waals surface area contributed by atoms with Gasteiger partial charge in [0.2, 0.25) is 16.0 Å². The van der Waals surface area contributed by atoms with E-state index in [2.05, 4.69) is 28.9 Å². The van der Waals surface area contributed by atoms with Crippen molar-refractivity contribution >= 4 is 32.5 Å². The summed E-state index contributed by atoms with van der Waals surface area (Å²) in [5, 5.41) is 9.90. The Hall–Kier alpha value is -3.04. The topological polar surface area (TPSA) is 83.7 Å². The number of nitrogens with zero attached hydrogens (tertiary/aromatic N) is 6. The molecule has 0 radical (unpaired) electrons. The zero-order valence-electron chi connectivity index (χ0n) is 19.3. The third-order valence-corrected chi connectivity index (χ3v) is 8.22. The van der Waals surface area contributed by atoms with Gasteiger partial charge in [0.05, 0.1) is 10.4 Å². The average molecular weight is 465 g/mol. The Morgan fingerprint density at radius 2 is 1.82 bits per heavy atom. The van der Waals surface area contributed by atoms with Crippen LogP contribution in [0.1, 0.15) is 38.1 Å². The maximum Gasteiger partial charge on any atom is 0.243 e. The first-order valence-electron chi connectivity index (χ1n) is 11.2. The summed E-state index contributed by atoms with van der Waals surface area (Å²) in [5.74, 6) is 1.78. The number of hydrogen-bond acceptors (Lipinski definition) is 6. The molecule has 0 N–H and O–H groups in total. The monoisotopic (exact) mass is 464 g/mol. The first-order valence-corrected chi connectivity index (χ1v) is 12.7. The van der Waals surface area contributed by atoms with Crippen molar-refractivity contribution in [3.63, 3.8) is 0 Å². The van der Waals surface area contributed by atoms with Crippen LogP contribution in [0, 0.1) is 6.92 Å². The van der Waals surface area contributed by atoms with Gasteiger partial charge < -0.3 is 4.90 Å². The fourth-order valence-electron chi connectivity index (χ4n) is 4.56. The molecular formula is C24H28N6O2S. The molecule has 3 heterocycles. The Kier molecular flexibility index (Phi) is 5.33. The highest BCUT2D eigenvalue weighted by Crippen LogP contribution is 2.29. The summed E-state index contributed by atoms with van der Waals surface area (Å²) in [6.45, 7) is 9.48. The van der Waals surface area contributed by atoms with Gasteiger partial charge in [-0.25, -0.2) is 17.8 Å². The van der Waals surface area contributed by atoms with Crippen molar-refractivity contribution in [2.24, 2.45) is 0 Å². The summed E-state index contributed by atoms with van der Waals surface area (Å²) in [4.78, 5) is 7.47. The van der Waals surface area contributed by atoms with Gasteiger partial charge in [-0.3, -0.25) is 0 Å². The Bertz CT molecular complexity index is 1450. The number of aromatic nitrogens is 4. The second-order valence-electron chi connectivity index (χ2n) is 9.03. The van der Waals surface area contributed by atoms with Gasteiger partial charge in [-0.05, 0) is 43.7 Å². The highest BCUT2D eigenvalue weighted by atomic mass is 32.2. The zero-order chi connectivity index (χ0) is 23.3. The molecule has 33 heavy (non-hydrogen) atoms. The third-order valence-electron chi connectivity index (χ3n) is 6.22. The van der Waals surface area contributed by atoms with Crippen LogP contribution in [0.3, 0.4) is 0 Å². The zero-order valence-corrected chi connectivity index (χ0v) is 20.1. The Morgan fingerprint density at radius 3 is 2.55 bits per heavy atom. The number of sulfonamides is 1. The molecule has 0 spiro atoms. The van der Waals surface area contributed by atoms with Crippen LogP contribution < -0.4 is 4.90 Å². The third kappa shape index (κ3) is 3.65. The molecule has 8 nitrogen and oxygen atoms in total. The van der Waals surface area contributed by atoms with E-state index in [9.17, 15) is 8.42 Å². The number of para-hydroxylation sites is 1. The quantitative estimate of drug-likeness (QED) is 0.459. The molecule has 0 amide bonds. The van der Waals surface area contributed by atoms with Crippen LogP contribution >= 0.6 is 0 Å². The lowest BCUT2D eigenvalue weighted by atomic mass is 10.2. The molecule has 4 aromatic rings. The minimum absolute atomic E-state index is 0.169. The SMILES string of the molecule is Cc1cccc(S(=O)(=O)N2CCN(c3nc4ccccc4c4nnc(C(C)C)n34)CC2C)c1. The van der Waals surface area contributed by atoms with Crippen LogP contribution in [0.2, 0.25) is 0 Å². The Balaban J connectivity index is 1.54. The number of aryl methyl sites for hydroxylation is 1. The lowest BCUT2D eigenvalue weighted by Crippen LogP contribution is -2.54. The normalized spacial score (nSPS) is 18.0. The van der Waals surface area contributed by atoms with Crippen LogP contribution in [0.25, 0.3) is 16.6 Å². The second kappa shape index (κ2) is 8.07. The predicted octanol–water partition coefficient (Wildman–Crippen LogP) is 3.61. The maximum absolute atomic E-state index is 13.3. The van der Waals surface area contributed by atoms with Crippen LogP contribution in [-0.2, 0) is 10.0 Å². The standard InChI is InChI=1S/C24H28N6O2S/c1-16(2)22-26-27-23-20-10-5-6-11-21(20)25-24(30(22)23)28-12-13-29(18(4)15-28)33(31,32)19-9-7-8-17(3)14-19/h5-11,14,16,18H,12-13,15H2,1-4H3. The van der Waals surface area contributed by atoms with Gasteiger partial charge in [0.25, 0.3) is 0 Å². The molecule has 2 aromatic heterocycles. The van der Waals surface area contributed by atoms with Crippen molar-refractivity contribution in [3.05, 3.63) is 59.9 Å². The second-order valence-corrected chi connectivity index (χ2v) is 10.9. The number of piperazine rings is 1. The van der Waals surface area contributed by atoms with Gasteiger partial charge in [-0.1, -0.05) is 38.1 Å². The number of benzene rings is 2. The van der Waals surface area contributed by atoms with Crippen molar-refractivity contribution in [1.82, 2.24) is 23.9 Å². The molecule has 1 atom stereocenters. The van der Waals surface area contributed by atoms with E-state index in [0.717, 1.165) is 33.9 Å². The average Bonchev–Trinajstić information content (AvgIpc) is 3.24. The molecular weight excluding hydrogens is 436 g/mol. The molecule has 2 aromatic carbocycles. The van der Waals surface area contributed by atoms with Crippen molar-refractivity contribution in [2.45, 2.75) is 44.6 Å². The van der Waals surface area contributed by atoms with Gasteiger partial charge in [0, 0.05) is 37.0 Å². The van der Waals surface area contributed by atoms with Crippen LogP contribution in [-0.4, -0.2) is 58.0 Å². The highest BCUT2D eigenvalue weighted by molar-refractivity contribution is 7.89. The lowest BCUT2D eigenvalue weighted by molar-refractivity contribution is 0.304. The number of hydrogen-bond donors (Lipinski definition) is 0. The van der Waals surface area contributed by atoms with E-state index in [1.54, 1.807) is 22.5 Å². The summed E-state index contributed by atoms with van der Waals surface area (Å²) in [6, 6.07) is 14.8. The van der Waals surface area contributed by atoms with Crippen molar-refractivity contribution < 1.29 is 8.42 Å². The Morgan fingerprint density at radius 1 is 1.03 bits per heavy atom. The van der Waals surface area contributed by atoms with Crippen molar-refractivity contribution in [3.8, 4) is 0 Å². The molecule has 1 aliphatic rings. The number of fused-ring (bicyclic) bond motifs is 3. The van der Waals surface area contributed by atoms with Crippen LogP contribution in [0.5, 0.6) is 0 Å². The Labute approximate surface area is 193 Å². The number of anilines is 1. The molecule has 0 aliphatic carbocycles. The molecule has 1 unspecified atom stereocenters.